The number of aromatic nitrogens is 2. The van der Waals surface area contributed by atoms with Crippen LogP contribution in [0.3, 0.4) is 0 Å². The summed E-state index contributed by atoms with van der Waals surface area (Å²) in [6.07, 6.45) is 1.74. The van der Waals surface area contributed by atoms with Gasteiger partial charge >= 0.3 is 0 Å². The molecule has 1 aliphatic heterocycles. The number of fused-ring (bicyclic) bond motifs is 1. The number of carbonyl (C=O) groups is 1. The molecule has 180 valence electrons. The zero-order valence-electron chi connectivity index (χ0n) is 19.6. The summed E-state index contributed by atoms with van der Waals surface area (Å²) in [4.78, 5) is 31.4. The molecule has 3 heterocycles. The van der Waals surface area contributed by atoms with Crippen LogP contribution in [0.1, 0.15) is 51.5 Å². The van der Waals surface area contributed by atoms with Crippen LogP contribution in [0.5, 0.6) is 0 Å². The van der Waals surface area contributed by atoms with Gasteiger partial charge in [-0.05, 0) is 60.0 Å². The molecule has 1 amide bonds. The number of ether oxygens (including phenoxy) is 1. The van der Waals surface area contributed by atoms with Gasteiger partial charge in [-0.2, -0.15) is 5.26 Å². The molecule has 0 bridgehead atoms. The van der Waals surface area contributed by atoms with Crippen LogP contribution in [0, 0.1) is 17.1 Å². The van der Waals surface area contributed by atoms with Crippen LogP contribution in [-0.2, 0) is 11.3 Å². The first-order valence-corrected chi connectivity index (χ1v) is 11.6. The van der Waals surface area contributed by atoms with E-state index in [2.05, 4.69) is 16.4 Å². The van der Waals surface area contributed by atoms with Crippen molar-refractivity contribution in [3.05, 3.63) is 111 Å². The molecule has 2 aromatic heterocycles. The quantitative estimate of drug-likeness (QED) is 0.447. The van der Waals surface area contributed by atoms with Crippen LogP contribution in [0.25, 0.3) is 11.0 Å². The highest BCUT2D eigenvalue weighted by Crippen LogP contribution is 2.26. The predicted molar refractivity (Wildman–Crippen MR) is 132 cm³/mol. The Bertz CT molecular complexity index is 1540. The number of amides is 1. The maximum atomic E-state index is 13.5. The molecule has 1 atom stereocenters. The minimum Gasteiger partial charge on any atom is -0.380 e. The van der Waals surface area contributed by atoms with E-state index in [-0.39, 0.29) is 29.9 Å². The van der Waals surface area contributed by atoms with E-state index < -0.39 is 11.5 Å². The van der Waals surface area contributed by atoms with E-state index in [4.69, 9.17) is 10.00 Å². The summed E-state index contributed by atoms with van der Waals surface area (Å²) < 4.78 is 20.2. The number of nitriles is 1. The van der Waals surface area contributed by atoms with Gasteiger partial charge < -0.3 is 10.1 Å². The molecule has 4 aromatic rings. The second-order valence-electron chi connectivity index (χ2n) is 8.92. The van der Waals surface area contributed by atoms with Crippen molar-refractivity contribution in [3.63, 3.8) is 0 Å². The monoisotopic (exact) mass is 482 g/mol. The third-order valence-corrected chi connectivity index (χ3v) is 6.44. The summed E-state index contributed by atoms with van der Waals surface area (Å²) in [5.74, 6) is -0.650. The molecule has 1 fully saturated rings. The number of nitrogens with zero attached hydrogens (tertiary/aromatic N) is 3. The Morgan fingerprint density at radius 3 is 2.56 bits per heavy atom. The first-order valence-electron chi connectivity index (χ1n) is 11.6. The van der Waals surface area contributed by atoms with Crippen molar-refractivity contribution >= 4 is 16.9 Å². The van der Waals surface area contributed by atoms with Gasteiger partial charge in [-0.25, -0.2) is 9.37 Å². The van der Waals surface area contributed by atoms with Crippen molar-refractivity contribution in [2.75, 3.05) is 13.2 Å². The van der Waals surface area contributed by atoms with Gasteiger partial charge in [-0.3, -0.25) is 14.2 Å². The van der Waals surface area contributed by atoms with Gasteiger partial charge in [0, 0.05) is 17.5 Å². The molecule has 1 saturated heterocycles. The number of hydrogen-bond donors (Lipinski definition) is 1. The molecule has 7 nitrogen and oxygen atoms in total. The fourth-order valence-corrected chi connectivity index (χ4v) is 4.22. The Kier molecular flexibility index (Phi) is 6.32. The van der Waals surface area contributed by atoms with E-state index in [9.17, 15) is 14.0 Å². The fraction of sp³-hybridized carbons (Fsp3) is 0.214. The molecule has 0 radical (unpaired) electrons. The van der Waals surface area contributed by atoms with Crippen LogP contribution in [0.4, 0.5) is 4.39 Å². The van der Waals surface area contributed by atoms with Crippen LogP contribution < -0.4 is 10.9 Å². The average Bonchev–Trinajstić information content (AvgIpc) is 2.85. The van der Waals surface area contributed by atoms with Crippen molar-refractivity contribution < 1.29 is 13.9 Å². The average molecular weight is 483 g/mol. The smallest absolute Gasteiger partial charge is 0.265 e. The van der Waals surface area contributed by atoms with Crippen LogP contribution >= 0.6 is 0 Å². The molecule has 0 aliphatic carbocycles. The zero-order chi connectivity index (χ0) is 25.2. The van der Waals surface area contributed by atoms with Crippen molar-refractivity contribution in [1.82, 2.24) is 14.9 Å². The minimum absolute atomic E-state index is 0.00563. The van der Waals surface area contributed by atoms with Crippen molar-refractivity contribution in [3.8, 4) is 6.07 Å². The van der Waals surface area contributed by atoms with Gasteiger partial charge in [-0.15, -0.1) is 0 Å². The molecular formula is C28H23FN4O3. The molecule has 1 aliphatic rings. The standard InChI is InChI=1S/C28H23FN4O3/c1-17(20-6-2-18(12-30)3-7-20)32-27(34)25-11-21-10-22(23-15-36-16-23)13-31-26(21)33(28(25)35)14-19-4-8-24(29)9-5-19/h2-11,13,17,23H,14-16H2,1H3,(H,32,34). The largest absolute Gasteiger partial charge is 0.380 e. The number of carbonyl (C=O) groups excluding carboxylic acids is 1. The number of pyridine rings is 2. The van der Waals surface area contributed by atoms with Crippen molar-refractivity contribution in [2.24, 2.45) is 0 Å². The number of nitrogens with one attached hydrogen (secondary N) is 1. The van der Waals surface area contributed by atoms with Crippen molar-refractivity contribution in [2.45, 2.75) is 25.4 Å². The Morgan fingerprint density at radius 2 is 1.92 bits per heavy atom. The maximum Gasteiger partial charge on any atom is 0.265 e. The van der Waals surface area contributed by atoms with Gasteiger partial charge in [0.05, 0.1) is 37.4 Å². The maximum absolute atomic E-state index is 13.5. The number of halogens is 1. The van der Waals surface area contributed by atoms with E-state index in [1.54, 1.807) is 48.7 Å². The molecule has 0 saturated carbocycles. The predicted octanol–water partition coefficient (Wildman–Crippen LogP) is 4.06. The topological polar surface area (TPSA) is 97.0 Å². The second-order valence-corrected chi connectivity index (χ2v) is 8.92. The van der Waals surface area contributed by atoms with E-state index in [0.717, 1.165) is 11.1 Å². The Hall–Kier alpha value is -4.35. The molecule has 5 rings (SSSR count). The highest BCUT2D eigenvalue weighted by atomic mass is 19.1. The van der Waals surface area contributed by atoms with E-state index in [1.807, 2.05) is 13.0 Å². The number of hydrogen-bond acceptors (Lipinski definition) is 5. The lowest BCUT2D eigenvalue weighted by Crippen LogP contribution is -2.35. The Morgan fingerprint density at radius 1 is 1.19 bits per heavy atom. The number of rotatable bonds is 6. The number of benzene rings is 2. The molecule has 0 spiro atoms. The van der Waals surface area contributed by atoms with Crippen molar-refractivity contribution in [1.29, 1.82) is 5.26 Å². The summed E-state index contributed by atoms with van der Waals surface area (Å²) in [7, 11) is 0. The van der Waals surface area contributed by atoms with Gasteiger partial charge in [0.15, 0.2) is 0 Å². The molecule has 2 aromatic carbocycles. The summed E-state index contributed by atoms with van der Waals surface area (Å²) in [5, 5.41) is 12.6. The molecule has 1 unspecified atom stereocenters. The zero-order valence-corrected chi connectivity index (χ0v) is 19.6. The van der Waals surface area contributed by atoms with Crippen LogP contribution in [-0.4, -0.2) is 28.7 Å². The SMILES string of the molecule is CC(NC(=O)c1cc2cc(C3COC3)cnc2n(Cc2ccc(F)cc2)c1=O)c1ccc(C#N)cc1. The van der Waals surface area contributed by atoms with Crippen LogP contribution in [0.15, 0.2) is 71.7 Å². The third-order valence-electron chi connectivity index (χ3n) is 6.44. The van der Waals surface area contributed by atoms with E-state index >= 15 is 0 Å². The molecule has 8 heteroatoms. The first-order chi connectivity index (χ1) is 17.4. The summed E-state index contributed by atoms with van der Waals surface area (Å²) >= 11 is 0. The summed E-state index contributed by atoms with van der Waals surface area (Å²) in [5.41, 5.74) is 2.99. The first kappa shape index (κ1) is 23.4. The normalized spacial score (nSPS) is 14.1. The Balaban J connectivity index is 1.53. The highest BCUT2D eigenvalue weighted by molar-refractivity contribution is 5.97. The lowest BCUT2D eigenvalue weighted by Gasteiger charge is -2.26. The second kappa shape index (κ2) is 9.72. The molecular weight excluding hydrogens is 459 g/mol. The van der Waals surface area contributed by atoms with E-state index in [0.29, 0.717) is 35.4 Å². The van der Waals surface area contributed by atoms with Gasteiger partial charge in [0.25, 0.3) is 11.5 Å². The van der Waals surface area contributed by atoms with E-state index in [1.165, 1.54) is 16.7 Å². The minimum atomic E-state index is -0.510. The molecule has 1 N–H and O–H groups in total. The Labute approximate surface area is 206 Å². The van der Waals surface area contributed by atoms with Crippen LogP contribution in [0.2, 0.25) is 0 Å². The lowest BCUT2D eigenvalue weighted by atomic mass is 9.98. The summed E-state index contributed by atoms with van der Waals surface area (Å²) in [6, 6.07) is 18.0. The van der Waals surface area contributed by atoms with Gasteiger partial charge in [-0.1, -0.05) is 24.3 Å². The summed E-state index contributed by atoms with van der Waals surface area (Å²) in [6.45, 7) is 3.17. The molecule has 36 heavy (non-hydrogen) atoms. The third kappa shape index (κ3) is 4.61. The lowest BCUT2D eigenvalue weighted by molar-refractivity contribution is 0.00835. The fourth-order valence-electron chi connectivity index (χ4n) is 4.22. The van der Waals surface area contributed by atoms with Gasteiger partial charge in [0.1, 0.15) is 17.0 Å². The highest BCUT2D eigenvalue weighted by Gasteiger charge is 2.23. The van der Waals surface area contributed by atoms with Gasteiger partial charge in [0.2, 0.25) is 0 Å².